The van der Waals surface area contributed by atoms with E-state index >= 15 is 0 Å². The molecule has 39 heavy (non-hydrogen) atoms. The summed E-state index contributed by atoms with van der Waals surface area (Å²) in [5, 5.41) is 51.9. The van der Waals surface area contributed by atoms with Crippen LogP contribution in [-0.4, -0.2) is 50.0 Å². The summed E-state index contributed by atoms with van der Waals surface area (Å²) in [7, 11) is 1.05. The highest BCUT2D eigenvalue weighted by atomic mass is 16.6. The van der Waals surface area contributed by atoms with Gasteiger partial charge in [-0.05, 0) is 19.1 Å². The van der Waals surface area contributed by atoms with Gasteiger partial charge in [-0.2, -0.15) is 10.2 Å². The first-order chi connectivity index (χ1) is 18.3. The molecule has 204 valence electrons. The van der Waals surface area contributed by atoms with Gasteiger partial charge in [0.25, 0.3) is 11.4 Å². The van der Waals surface area contributed by atoms with E-state index in [0.717, 1.165) is 37.4 Å². The minimum atomic E-state index is -0.910. The molecule has 0 saturated carbocycles. The molecule has 19 heteroatoms. The second kappa shape index (κ2) is 12.9. The number of ether oxygens (including phenoxy) is 1. The molecule has 2 rings (SSSR count). The van der Waals surface area contributed by atoms with Crippen LogP contribution in [-0.2, 0) is 14.3 Å². The van der Waals surface area contributed by atoms with E-state index in [1.54, 1.807) is 0 Å². The normalized spacial score (nSPS) is 11.3. The molecule has 0 bridgehead atoms. The molecule has 0 fully saturated rings. The maximum atomic E-state index is 12.8. The summed E-state index contributed by atoms with van der Waals surface area (Å²) in [6.07, 6.45) is -1.13. The molecule has 0 aliphatic rings. The number of methoxy groups -OCH3 is 1. The SMILES string of the molecule is COC(=O)CC(=NNc1ccc([N+](=O)[O-])cc1[N+](=O)[O-])C(=O)CC(C)=NNc1ccc([N+](=O)[O-])cc1[N+](=O)[O-]. The molecule has 19 nitrogen and oxygen atoms in total. The van der Waals surface area contributed by atoms with E-state index in [0.29, 0.717) is 6.07 Å². The molecule has 0 unspecified atom stereocenters. The van der Waals surface area contributed by atoms with Crippen LogP contribution < -0.4 is 10.9 Å². The predicted octanol–water partition coefficient (Wildman–Crippen LogP) is 3.10. The van der Waals surface area contributed by atoms with Gasteiger partial charge in [0.1, 0.15) is 17.1 Å². The van der Waals surface area contributed by atoms with Gasteiger partial charge in [-0.1, -0.05) is 0 Å². The molecule has 0 atom stereocenters. The number of esters is 1. The Morgan fingerprint density at radius 2 is 1.23 bits per heavy atom. The van der Waals surface area contributed by atoms with Crippen LogP contribution in [0.5, 0.6) is 0 Å². The summed E-state index contributed by atoms with van der Waals surface area (Å²) < 4.78 is 4.52. The number of carbonyl (C=O) groups excluding carboxylic acids is 2. The summed E-state index contributed by atoms with van der Waals surface area (Å²) in [4.78, 5) is 65.5. The molecule has 0 aliphatic heterocycles. The Balaban J connectivity index is 2.29. The number of rotatable bonds is 13. The number of hydrogen-bond donors (Lipinski definition) is 2. The summed E-state index contributed by atoms with van der Waals surface area (Å²) in [6.45, 7) is 1.35. The maximum Gasteiger partial charge on any atom is 0.311 e. The molecule has 2 N–H and O–H groups in total. The second-order valence-corrected chi connectivity index (χ2v) is 7.41. The van der Waals surface area contributed by atoms with Crippen molar-refractivity contribution in [3.05, 3.63) is 76.9 Å². The minimum Gasteiger partial charge on any atom is -0.469 e. The largest absolute Gasteiger partial charge is 0.469 e. The van der Waals surface area contributed by atoms with E-state index in [1.165, 1.54) is 6.92 Å². The number of nitro benzene ring substituents is 4. The van der Waals surface area contributed by atoms with Crippen LogP contribution in [0.2, 0.25) is 0 Å². The Kier molecular flexibility index (Phi) is 9.70. The molecule has 0 saturated heterocycles. The minimum absolute atomic E-state index is 0.0477. The second-order valence-electron chi connectivity index (χ2n) is 7.41. The van der Waals surface area contributed by atoms with Crippen LogP contribution in [0.4, 0.5) is 34.1 Å². The Morgan fingerprint density at radius 1 is 0.769 bits per heavy atom. The van der Waals surface area contributed by atoms with E-state index in [1.807, 2.05) is 0 Å². The fourth-order valence-corrected chi connectivity index (χ4v) is 2.83. The first-order valence-corrected chi connectivity index (χ1v) is 10.4. The summed E-state index contributed by atoms with van der Waals surface area (Å²) in [5.41, 5.74) is 1.25. The molecule has 2 aromatic rings. The summed E-state index contributed by atoms with van der Waals surface area (Å²) in [5.74, 6) is -1.67. The van der Waals surface area contributed by atoms with Gasteiger partial charge in [0.2, 0.25) is 0 Å². The van der Waals surface area contributed by atoms with Crippen molar-refractivity contribution in [1.29, 1.82) is 0 Å². The van der Waals surface area contributed by atoms with Gasteiger partial charge in [-0.15, -0.1) is 0 Å². The van der Waals surface area contributed by atoms with Crippen LogP contribution in [0, 0.1) is 40.5 Å². The topological polar surface area (TPSA) is 265 Å². The number of nitrogens with zero attached hydrogens (tertiary/aromatic N) is 6. The van der Waals surface area contributed by atoms with E-state index in [9.17, 15) is 50.0 Å². The zero-order valence-electron chi connectivity index (χ0n) is 20.1. The lowest BCUT2D eigenvalue weighted by atomic mass is 10.1. The van der Waals surface area contributed by atoms with Gasteiger partial charge in [0.15, 0.2) is 5.78 Å². The highest BCUT2D eigenvalue weighted by Crippen LogP contribution is 2.30. The fraction of sp³-hybridized carbons (Fsp3) is 0.200. The standard InChI is InChI=1S/C20H18N8O11/c1-11(21-22-14-5-3-12(25(31)32)8-17(14)27(35)36)7-19(29)16(10-20(30)39-2)24-23-15-6-4-13(26(33)34)9-18(15)28(37)38/h3-6,8-9,22-23H,7,10H2,1-2H3. The van der Waals surface area contributed by atoms with Crippen LogP contribution in [0.15, 0.2) is 46.6 Å². The number of carbonyl (C=O) groups is 2. The number of benzene rings is 2. The molecule has 0 aliphatic carbocycles. The molecule has 2 aromatic carbocycles. The van der Waals surface area contributed by atoms with E-state index in [-0.39, 0.29) is 17.1 Å². The molecular weight excluding hydrogens is 528 g/mol. The highest BCUT2D eigenvalue weighted by molar-refractivity contribution is 6.45. The zero-order chi connectivity index (χ0) is 29.3. The van der Waals surface area contributed by atoms with E-state index in [2.05, 4.69) is 25.8 Å². The average molecular weight is 546 g/mol. The summed E-state index contributed by atoms with van der Waals surface area (Å²) >= 11 is 0. The van der Waals surface area contributed by atoms with Crippen LogP contribution in [0.25, 0.3) is 0 Å². The molecule has 0 spiro atoms. The van der Waals surface area contributed by atoms with Gasteiger partial charge in [0.05, 0.1) is 51.8 Å². The van der Waals surface area contributed by atoms with Gasteiger partial charge >= 0.3 is 17.3 Å². The maximum absolute atomic E-state index is 12.8. The van der Waals surface area contributed by atoms with Gasteiger partial charge in [-0.25, -0.2) is 0 Å². The van der Waals surface area contributed by atoms with Crippen molar-refractivity contribution in [2.45, 2.75) is 19.8 Å². The summed E-state index contributed by atoms with van der Waals surface area (Å²) in [6, 6.07) is 5.43. The zero-order valence-corrected chi connectivity index (χ0v) is 20.1. The molecule has 0 aromatic heterocycles. The quantitative estimate of drug-likeness (QED) is 0.158. The predicted molar refractivity (Wildman–Crippen MR) is 134 cm³/mol. The lowest BCUT2D eigenvalue weighted by molar-refractivity contribution is -0.393. The smallest absolute Gasteiger partial charge is 0.311 e. The van der Waals surface area contributed by atoms with Gasteiger partial charge in [0, 0.05) is 17.8 Å². The van der Waals surface area contributed by atoms with E-state index < -0.39 is 72.7 Å². The van der Waals surface area contributed by atoms with Crippen molar-refractivity contribution in [1.82, 2.24) is 0 Å². The highest BCUT2D eigenvalue weighted by Gasteiger charge is 2.22. The third-order valence-corrected chi connectivity index (χ3v) is 4.73. The first-order valence-electron chi connectivity index (χ1n) is 10.4. The van der Waals surface area contributed by atoms with Crippen molar-refractivity contribution in [3.63, 3.8) is 0 Å². The Morgan fingerprint density at radius 3 is 1.64 bits per heavy atom. The number of nitro groups is 4. The lowest BCUT2D eigenvalue weighted by Gasteiger charge is -2.08. The fourth-order valence-electron chi connectivity index (χ4n) is 2.83. The van der Waals surface area contributed by atoms with E-state index in [4.69, 9.17) is 0 Å². The third-order valence-electron chi connectivity index (χ3n) is 4.73. The number of non-ortho nitro benzene ring substituents is 2. The Bertz CT molecular complexity index is 1420. The third kappa shape index (κ3) is 8.06. The van der Waals surface area contributed by atoms with Gasteiger partial charge in [-0.3, -0.25) is 60.9 Å². The van der Waals surface area contributed by atoms with Crippen LogP contribution in [0.1, 0.15) is 19.8 Å². The molecule has 0 amide bonds. The van der Waals surface area contributed by atoms with Gasteiger partial charge < -0.3 is 4.74 Å². The number of Topliss-reactive ketones (excluding diaryl/α,β-unsaturated/α-hetero) is 1. The van der Waals surface area contributed by atoms with Crippen molar-refractivity contribution in [3.8, 4) is 0 Å². The van der Waals surface area contributed by atoms with Crippen LogP contribution in [0.3, 0.4) is 0 Å². The molecule has 0 radical (unpaired) electrons. The number of anilines is 2. The van der Waals surface area contributed by atoms with Crippen molar-refractivity contribution in [2.75, 3.05) is 18.0 Å². The number of hydrogen-bond acceptors (Lipinski definition) is 15. The average Bonchev–Trinajstić information content (AvgIpc) is 2.88. The number of hydrazone groups is 2. The number of ketones is 1. The Labute approximate surface area is 216 Å². The lowest BCUT2D eigenvalue weighted by Crippen LogP contribution is -2.22. The molecule has 0 heterocycles. The van der Waals surface area contributed by atoms with Crippen molar-refractivity contribution >= 4 is 57.3 Å². The first kappa shape index (κ1) is 29.4. The molecular formula is C20H18N8O11. The van der Waals surface area contributed by atoms with Crippen molar-refractivity contribution in [2.24, 2.45) is 10.2 Å². The monoisotopic (exact) mass is 546 g/mol. The number of nitrogens with one attached hydrogen (secondary N) is 2. The Hall–Kier alpha value is -5.88. The van der Waals surface area contributed by atoms with Crippen molar-refractivity contribution < 1.29 is 34.0 Å². The van der Waals surface area contributed by atoms with Crippen LogP contribution >= 0.6 is 0 Å².